The summed E-state index contributed by atoms with van der Waals surface area (Å²) in [6, 6.07) is 22.9. The predicted octanol–water partition coefficient (Wildman–Crippen LogP) is 9.60. The smallest absolute Gasteiger partial charge is 0.404 e. The van der Waals surface area contributed by atoms with Gasteiger partial charge in [-0.1, -0.05) is 70.8 Å². The van der Waals surface area contributed by atoms with Crippen LogP contribution in [0.25, 0.3) is 0 Å². The van der Waals surface area contributed by atoms with E-state index in [2.05, 4.69) is 0 Å². The van der Waals surface area contributed by atoms with Gasteiger partial charge in [0.2, 0.25) is 0 Å². The Morgan fingerprint density at radius 1 is 0.413 bits per heavy atom. The molecule has 244 valence electrons. The summed E-state index contributed by atoms with van der Waals surface area (Å²) < 4.78 is 58.2. The third-order valence-electron chi connectivity index (χ3n) is 8.10. The molecular formula is C36H44N2O6P2. The van der Waals surface area contributed by atoms with Crippen LogP contribution in [-0.2, 0) is 9.13 Å². The van der Waals surface area contributed by atoms with Crippen molar-refractivity contribution in [3.63, 3.8) is 0 Å². The second kappa shape index (κ2) is 13.7. The lowest BCUT2D eigenvalue weighted by Crippen LogP contribution is -2.45. The van der Waals surface area contributed by atoms with Crippen LogP contribution in [0.5, 0.6) is 23.0 Å². The number of rotatable bonds is 10. The molecule has 0 atom stereocenters. The SMILES string of the molecule is Cc1ccc(OP(=O)(Oc2ccc(C)cc2C)N2CCN(P(=O)(Oc3ccc(C)cc3C)Oc3ccc(C)cc3C)CC2)c(C)c1. The van der Waals surface area contributed by atoms with Crippen LogP contribution >= 0.6 is 15.5 Å². The topological polar surface area (TPSA) is 77.5 Å². The van der Waals surface area contributed by atoms with Crippen molar-refractivity contribution in [2.75, 3.05) is 26.2 Å². The summed E-state index contributed by atoms with van der Waals surface area (Å²) in [6.07, 6.45) is 0. The maximum atomic E-state index is 14.8. The molecule has 4 aromatic rings. The summed E-state index contributed by atoms with van der Waals surface area (Å²) in [5.74, 6) is 1.96. The molecule has 1 aliphatic rings. The highest BCUT2D eigenvalue weighted by Gasteiger charge is 2.46. The number of aryl methyl sites for hydroxylation is 8. The highest BCUT2D eigenvalue weighted by Crippen LogP contribution is 2.57. The zero-order chi connectivity index (χ0) is 33.2. The van der Waals surface area contributed by atoms with E-state index in [1.54, 1.807) is 9.34 Å². The summed E-state index contributed by atoms with van der Waals surface area (Å²) in [6.45, 7) is 16.7. The standard InChI is InChI=1S/C36H44N2O6P2/c1-25-9-13-33(29(5)21-25)41-45(39,42-34-14-10-26(2)22-30(34)6)37-17-19-38(20-18-37)46(40,43-35-15-11-27(3)23-31(35)7)44-36-16-12-28(4)24-32(36)8/h9-16,21-24H,17-20H2,1-8H3. The predicted molar refractivity (Wildman–Crippen MR) is 185 cm³/mol. The highest BCUT2D eigenvalue weighted by atomic mass is 31.2. The Hall–Kier alpha value is -3.54. The Labute approximate surface area is 273 Å². The number of hydrogen-bond donors (Lipinski definition) is 0. The van der Waals surface area contributed by atoms with E-state index in [1.165, 1.54) is 0 Å². The minimum atomic E-state index is -3.93. The van der Waals surface area contributed by atoms with Gasteiger partial charge in [-0.15, -0.1) is 0 Å². The maximum Gasteiger partial charge on any atom is 0.515 e. The summed E-state index contributed by atoms with van der Waals surface area (Å²) in [7, 11) is -7.85. The lowest BCUT2D eigenvalue weighted by molar-refractivity contribution is 0.194. The molecule has 0 unspecified atom stereocenters. The lowest BCUT2D eigenvalue weighted by atomic mass is 10.1. The highest BCUT2D eigenvalue weighted by molar-refractivity contribution is 7.52. The van der Waals surface area contributed by atoms with E-state index in [0.29, 0.717) is 23.0 Å². The molecule has 0 N–H and O–H groups in total. The molecule has 1 heterocycles. The largest absolute Gasteiger partial charge is 0.515 e. The van der Waals surface area contributed by atoms with E-state index in [-0.39, 0.29) is 26.2 Å². The normalized spacial score (nSPS) is 14.6. The van der Waals surface area contributed by atoms with E-state index in [1.807, 2.05) is 128 Å². The van der Waals surface area contributed by atoms with Gasteiger partial charge in [0.15, 0.2) is 0 Å². The molecule has 46 heavy (non-hydrogen) atoms. The van der Waals surface area contributed by atoms with E-state index < -0.39 is 15.5 Å². The molecule has 0 radical (unpaired) electrons. The van der Waals surface area contributed by atoms with Gasteiger partial charge in [0.05, 0.1) is 0 Å². The van der Waals surface area contributed by atoms with Crippen LogP contribution in [-0.4, -0.2) is 35.5 Å². The van der Waals surface area contributed by atoms with Gasteiger partial charge in [-0.2, -0.15) is 9.34 Å². The first-order valence-corrected chi connectivity index (χ1v) is 18.5. The van der Waals surface area contributed by atoms with Crippen LogP contribution in [0, 0.1) is 55.4 Å². The number of benzene rings is 4. The molecule has 0 spiro atoms. The molecule has 0 bridgehead atoms. The number of hydrogen-bond acceptors (Lipinski definition) is 6. The fourth-order valence-electron chi connectivity index (χ4n) is 5.55. The number of piperazine rings is 1. The summed E-state index contributed by atoms with van der Waals surface area (Å²) in [4.78, 5) is 0. The minimum Gasteiger partial charge on any atom is -0.404 e. The van der Waals surface area contributed by atoms with Crippen molar-refractivity contribution >= 4 is 15.5 Å². The Bertz CT molecular complexity index is 1590. The first-order chi connectivity index (χ1) is 21.7. The van der Waals surface area contributed by atoms with E-state index in [0.717, 1.165) is 44.5 Å². The molecular weight excluding hydrogens is 618 g/mol. The van der Waals surface area contributed by atoms with Gasteiger partial charge < -0.3 is 18.1 Å². The summed E-state index contributed by atoms with van der Waals surface area (Å²) in [5.41, 5.74) is 7.73. The molecule has 4 aromatic carbocycles. The van der Waals surface area contributed by atoms with E-state index in [4.69, 9.17) is 18.1 Å². The second-order valence-corrected chi connectivity index (χ2v) is 16.0. The monoisotopic (exact) mass is 662 g/mol. The van der Waals surface area contributed by atoms with Gasteiger partial charge in [-0.25, -0.2) is 9.13 Å². The maximum absolute atomic E-state index is 14.8. The lowest BCUT2D eigenvalue weighted by Gasteiger charge is -2.39. The molecule has 0 aliphatic carbocycles. The Balaban J connectivity index is 1.45. The molecule has 10 heteroatoms. The van der Waals surface area contributed by atoms with Crippen molar-refractivity contribution in [3.05, 3.63) is 117 Å². The van der Waals surface area contributed by atoms with Crippen LogP contribution in [0.2, 0.25) is 0 Å². The Morgan fingerprint density at radius 3 is 0.826 bits per heavy atom. The van der Waals surface area contributed by atoms with Crippen molar-refractivity contribution in [2.24, 2.45) is 0 Å². The van der Waals surface area contributed by atoms with Gasteiger partial charge in [0, 0.05) is 26.2 Å². The molecule has 1 aliphatic heterocycles. The van der Waals surface area contributed by atoms with E-state index in [9.17, 15) is 9.13 Å². The van der Waals surface area contributed by atoms with E-state index >= 15 is 0 Å². The second-order valence-electron chi connectivity index (χ2n) is 12.3. The van der Waals surface area contributed by atoms with Crippen LogP contribution in [0.15, 0.2) is 72.8 Å². The first-order valence-electron chi connectivity index (χ1n) is 15.5. The van der Waals surface area contributed by atoms with Gasteiger partial charge >= 0.3 is 15.5 Å². The van der Waals surface area contributed by atoms with Gasteiger partial charge in [0.1, 0.15) is 23.0 Å². The Kier molecular flexibility index (Phi) is 10.0. The fraction of sp³-hybridized carbons (Fsp3) is 0.333. The van der Waals surface area contributed by atoms with Crippen LogP contribution < -0.4 is 18.1 Å². The minimum absolute atomic E-state index is 0.240. The van der Waals surface area contributed by atoms with Gasteiger partial charge in [0.25, 0.3) is 0 Å². The zero-order valence-corrected chi connectivity index (χ0v) is 29.8. The van der Waals surface area contributed by atoms with Gasteiger partial charge in [-0.05, 0) is 102 Å². The van der Waals surface area contributed by atoms with Crippen molar-refractivity contribution in [3.8, 4) is 23.0 Å². The van der Waals surface area contributed by atoms with Gasteiger partial charge in [-0.3, -0.25) is 0 Å². The summed E-state index contributed by atoms with van der Waals surface area (Å²) in [5, 5.41) is 0. The molecule has 8 nitrogen and oxygen atoms in total. The molecule has 1 fully saturated rings. The van der Waals surface area contributed by atoms with Crippen molar-refractivity contribution in [1.29, 1.82) is 0 Å². The van der Waals surface area contributed by atoms with Crippen molar-refractivity contribution < 1.29 is 27.2 Å². The molecule has 0 aromatic heterocycles. The average Bonchev–Trinajstić information content (AvgIpc) is 2.99. The fourth-order valence-corrected chi connectivity index (χ4v) is 9.24. The van der Waals surface area contributed by atoms with Crippen molar-refractivity contribution in [2.45, 2.75) is 55.4 Å². The zero-order valence-electron chi connectivity index (χ0n) is 28.0. The first kappa shape index (κ1) is 33.8. The molecule has 0 amide bonds. The van der Waals surface area contributed by atoms with Crippen LogP contribution in [0.3, 0.4) is 0 Å². The van der Waals surface area contributed by atoms with Crippen molar-refractivity contribution in [1.82, 2.24) is 9.34 Å². The third kappa shape index (κ3) is 7.70. The number of nitrogens with zero attached hydrogens (tertiary/aromatic N) is 2. The van der Waals surface area contributed by atoms with Crippen LogP contribution in [0.1, 0.15) is 44.5 Å². The Morgan fingerprint density at radius 2 is 0.630 bits per heavy atom. The molecule has 1 saturated heterocycles. The molecule has 5 rings (SSSR count). The van der Waals surface area contributed by atoms with Crippen LogP contribution in [0.4, 0.5) is 0 Å². The quantitative estimate of drug-likeness (QED) is 0.155. The third-order valence-corrected chi connectivity index (χ3v) is 12.0. The molecule has 0 saturated carbocycles. The summed E-state index contributed by atoms with van der Waals surface area (Å²) >= 11 is 0. The average molecular weight is 663 g/mol.